The molecule has 1 unspecified atom stereocenters. The zero-order valence-electron chi connectivity index (χ0n) is 9.63. The molecule has 0 amide bonds. The summed E-state index contributed by atoms with van der Waals surface area (Å²) in [7, 11) is 0. The monoisotopic (exact) mass is 394 g/mol. The highest BCUT2D eigenvalue weighted by atomic mass is 127. The molecule has 2 nitrogen and oxygen atoms in total. The first-order valence-corrected chi connectivity index (χ1v) is 6.84. The van der Waals surface area contributed by atoms with Crippen LogP contribution >= 0.6 is 34.2 Å². The van der Waals surface area contributed by atoms with Gasteiger partial charge in [-0.15, -0.1) is 0 Å². The Hall–Kier alpha value is -0.760. The van der Waals surface area contributed by atoms with Gasteiger partial charge in [0.15, 0.2) is 0 Å². The lowest BCUT2D eigenvalue weighted by molar-refractivity contribution is 0.541. The fourth-order valence-corrected chi connectivity index (χ4v) is 2.32. The minimum atomic E-state index is -0.655. The number of rotatable bonds is 3. The smallest absolute Gasteiger partial charge is 0.131 e. The number of halogens is 4. The van der Waals surface area contributed by atoms with Crippen LogP contribution in [0.25, 0.3) is 0 Å². The van der Waals surface area contributed by atoms with E-state index in [2.05, 4.69) is 28.0 Å². The molecule has 2 aromatic carbocycles. The van der Waals surface area contributed by atoms with Crippen LogP contribution in [0, 0.1) is 15.2 Å². The number of hydrogen-bond donors (Lipinski definition) is 2. The molecule has 2 aromatic rings. The van der Waals surface area contributed by atoms with Crippen molar-refractivity contribution in [2.45, 2.75) is 6.04 Å². The van der Waals surface area contributed by atoms with E-state index in [0.717, 1.165) is 9.64 Å². The molecule has 0 radical (unpaired) electrons. The maximum Gasteiger partial charge on any atom is 0.131 e. The van der Waals surface area contributed by atoms with Crippen molar-refractivity contribution in [3.8, 4) is 0 Å². The Bertz CT molecular complexity index is 607. The fraction of sp³-hybridized carbons (Fsp3) is 0.0769. The Morgan fingerprint density at radius 1 is 1.16 bits per heavy atom. The van der Waals surface area contributed by atoms with Crippen LogP contribution in [-0.2, 0) is 0 Å². The number of hydrazine groups is 1. The molecule has 0 bridgehead atoms. The van der Waals surface area contributed by atoms with E-state index in [-0.39, 0.29) is 5.56 Å². The Kier molecular flexibility index (Phi) is 4.72. The van der Waals surface area contributed by atoms with Crippen LogP contribution in [0.2, 0.25) is 5.02 Å². The van der Waals surface area contributed by atoms with E-state index in [0.29, 0.717) is 10.6 Å². The van der Waals surface area contributed by atoms with Crippen molar-refractivity contribution in [2.24, 2.45) is 5.84 Å². The third-order valence-corrected chi connectivity index (χ3v) is 4.29. The van der Waals surface area contributed by atoms with Crippen LogP contribution in [-0.4, -0.2) is 0 Å². The quantitative estimate of drug-likeness (QED) is 0.472. The van der Waals surface area contributed by atoms with Gasteiger partial charge in [0.2, 0.25) is 0 Å². The summed E-state index contributed by atoms with van der Waals surface area (Å²) in [4.78, 5) is 0. The van der Waals surface area contributed by atoms with Crippen molar-refractivity contribution < 1.29 is 8.78 Å². The van der Waals surface area contributed by atoms with Crippen LogP contribution in [0.5, 0.6) is 0 Å². The maximum absolute atomic E-state index is 13.8. The van der Waals surface area contributed by atoms with Gasteiger partial charge in [-0.05, 0) is 46.4 Å². The third kappa shape index (κ3) is 3.22. The Morgan fingerprint density at radius 2 is 1.89 bits per heavy atom. The van der Waals surface area contributed by atoms with Crippen molar-refractivity contribution in [3.05, 3.63) is 67.8 Å². The number of nitrogens with one attached hydrogen (secondary N) is 1. The molecule has 19 heavy (non-hydrogen) atoms. The maximum atomic E-state index is 13.8. The van der Waals surface area contributed by atoms with Gasteiger partial charge in [-0.25, -0.2) is 14.2 Å². The largest absolute Gasteiger partial charge is 0.271 e. The SMILES string of the molecule is NNC(c1ccc(I)c(Cl)c1)c1ccc(F)cc1F. The minimum absolute atomic E-state index is 0.265. The first-order chi connectivity index (χ1) is 9.02. The van der Waals surface area contributed by atoms with Crippen LogP contribution in [0.15, 0.2) is 36.4 Å². The van der Waals surface area contributed by atoms with Crippen molar-refractivity contribution in [3.63, 3.8) is 0 Å². The predicted molar refractivity (Wildman–Crippen MR) is 79.7 cm³/mol. The van der Waals surface area contributed by atoms with Gasteiger partial charge in [0.1, 0.15) is 11.6 Å². The van der Waals surface area contributed by atoms with Crippen molar-refractivity contribution >= 4 is 34.2 Å². The standard InChI is InChI=1S/C13H10ClF2IN2/c14-10-5-7(1-4-12(10)17)13(19-18)9-3-2-8(15)6-11(9)16/h1-6,13,19H,18H2. The van der Waals surface area contributed by atoms with Gasteiger partial charge in [-0.2, -0.15) is 0 Å². The molecule has 0 fully saturated rings. The highest BCUT2D eigenvalue weighted by Gasteiger charge is 2.17. The van der Waals surface area contributed by atoms with Crippen molar-refractivity contribution in [1.29, 1.82) is 0 Å². The molecule has 1 atom stereocenters. The van der Waals surface area contributed by atoms with Crippen LogP contribution in [0.1, 0.15) is 17.2 Å². The lowest BCUT2D eigenvalue weighted by atomic mass is 9.99. The summed E-state index contributed by atoms with van der Waals surface area (Å²) in [5.41, 5.74) is 3.49. The van der Waals surface area contributed by atoms with E-state index < -0.39 is 17.7 Å². The van der Waals surface area contributed by atoms with Gasteiger partial charge in [0, 0.05) is 15.2 Å². The normalized spacial score (nSPS) is 12.5. The number of nitrogens with two attached hydrogens (primary N) is 1. The van der Waals surface area contributed by atoms with Crippen molar-refractivity contribution in [2.75, 3.05) is 0 Å². The lowest BCUT2D eigenvalue weighted by Gasteiger charge is -2.18. The Morgan fingerprint density at radius 3 is 2.47 bits per heavy atom. The highest BCUT2D eigenvalue weighted by molar-refractivity contribution is 14.1. The third-order valence-electron chi connectivity index (χ3n) is 2.72. The Balaban J connectivity index is 2.46. The summed E-state index contributed by atoms with van der Waals surface area (Å²) in [5, 5.41) is 0.556. The highest BCUT2D eigenvalue weighted by Crippen LogP contribution is 2.28. The number of hydrogen-bond acceptors (Lipinski definition) is 2. The summed E-state index contributed by atoms with van der Waals surface area (Å²) in [6, 6.07) is 8.10. The van der Waals surface area contributed by atoms with E-state index >= 15 is 0 Å². The average molecular weight is 395 g/mol. The van der Waals surface area contributed by atoms with E-state index in [4.69, 9.17) is 17.4 Å². The summed E-state index contributed by atoms with van der Waals surface area (Å²) in [6.07, 6.45) is 0. The Labute approximate surface area is 128 Å². The molecule has 0 aliphatic heterocycles. The van der Waals surface area contributed by atoms with Crippen LogP contribution in [0.3, 0.4) is 0 Å². The molecule has 0 saturated carbocycles. The van der Waals surface area contributed by atoms with Gasteiger partial charge in [0.25, 0.3) is 0 Å². The van der Waals surface area contributed by atoms with E-state index in [9.17, 15) is 8.78 Å². The van der Waals surface area contributed by atoms with Gasteiger partial charge >= 0.3 is 0 Å². The van der Waals surface area contributed by atoms with Gasteiger partial charge in [-0.3, -0.25) is 5.84 Å². The van der Waals surface area contributed by atoms with Crippen LogP contribution < -0.4 is 11.3 Å². The van der Waals surface area contributed by atoms with Gasteiger partial charge in [-0.1, -0.05) is 23.7 Å². The minimum Gasteiger partial charge on any atom is -0.271 e. The van der Waals surface area contributed by atoms with E-state index in [1.54, 1.807) is 12.1 Å². The summed E-state index contributed by atoms with van der Waals surface area (Å²) < 4.78 is 27.6. The lowest BCUT2D eigenvalue weighted by Crippen LogP contribution is -2.29. The molecule has 0 saturated heterocycles. The van der Waals surface area contributed by atoms with Gasteiger partial charge in [0.05, 0.1) is 11.1 Å². The second kappa shape index (κ2) is 6.13. The summed E-state index contributed by atoms with van der Waals surface area (Å²) in [5.74, 6) is 4.19. The van der Waals surface area contributed by atoms with Crippen LogP contribution in [0.4, 0.5) is 8.78 Å². The first kappa shape index (κ1) is 14.6. The molecule has 100 valence electrons. The first-order valence-electron chi connectivity index (χ1n) is 5.39. The predicted octanol–water partition coefficient (Wildman–Crippen LogP) is 3.78. The molecule has 0 heterocycles. The van der Waals surface area contributed by atoms with Crippen molar-refractivity contribution in [1.82, 2.24) is 5.43 Å². The second-order valence-electron chi connectivity index (χ2n) is 3.94. The average Bonchev–Trinajstić information content (AvgIpc) is 2.37. The molecule has 0 aliphatic rings. The molecule has 3 N–H and O–H groups in total. The zero-order valence-corrected chi connectivity index (χ0v) is 12.5. The zero-order chi connectivity index (χ0) is 14.0. The molecule has 6 heteroatoms. The topological polar surface area (TPSA) is 38.0 Å². The molecule has 0 aliphatic carbocycles. The molecular weight excluding hydrogens is 385 g/mol. The van der Waals surface area contributed by atoms with Gasteiger partial charge < -0.3 is 0 Å². The second-order valence-corrected chi connectivity index (χ2v) is 5.51. The summed E-state index contributed by atoms with van der Waals surface area (Å²) in [6.45, 7) is 0. The van der Waals surface area contributed by atoms with E-state index in [1.807, 2.05) is 6.07 Å². The molecular formula is C13H10ClF2IN2. The molecule has 2 rings (SSSR count). The molecule has 0 aromatic heterocycles. The summed E-state index contributed by atoms with van der Waals surface area (Å²) >= 11 is 8.13. The molecule has 0 spiro atoms. The fourth-order valence-electron chi connectivity index (χ4n) is 1.79. The number of benzene rings is 2. The van der Waals surface area contributed by atoms with E-state index in [1.165, 1.54) is 12.1 Å².